The van der Waals surface area contributed by atoms with Gasteiger partial charge in [-0.1, -0.05) is 33.6 Å². The van der Waals surface area contributed by atoms with Crippen LogP contribution in [0.15, 0.2) is 51.8 Å². The van der Waals surface area contributed by atoms with Gasteiger partial charge in [-0.25, -0.2) is 12.8 Å². The third-order valence-electron chi connectivity index (χ3n) is 4.50. The molecule has 2 aromatic carbocycles. The number of nitrogens with zero attached hydrogens (tertiary/aromatic N) is 2. The largest absolute Gasteiger partial charge is 0.481 e. The Morgan fingerprint density at radius 1 is 1.11 bits per heavy atom. The number of benzene rings is 2. The van der Waals surface area contributed by atoms with E-state index in [1.54, 1.807) is 30.3 Å². The van der Waals surface area contributed by atoms with Crippen LogP contribution in [-0.2, 0) is 14.8 Å². The van der Waals surface area contributed by atoms with Crippen LogP contribution >= 0.6 is 15.9 Å². The van der Waals surface area contributed by atoms with Gasteiger partial charge in [0.2, 0.25) is 10.0 Å². The summed E-state index contributed by atoms with van der Waals surface area (Å²) >= 11 is 3.16. The van der Waals surface area contributed by atoms with Gasteiger partial charge in [-0.05, 0) is 37.3 Å². The summed E-state index contributed by atoms with van der Waals surface area (Å²) in [7, 11) is -3.58. The summed E-state index contributed by atoms with van der Waals surface area (Å²) < 4.78 is 46.4. The molecule has 150 valence electrons. The molecule has 0 radical (unpaired) electrons. The quantitative estimate of drug-likeness (QED) is 0.673. The molecule has 0 bridgehead atoms. The smallest absolute Gasteiger partial charge is 0.260 e. The number of hydrogen-bond acceptors (Lipinski definition) is 4. The van der Waals surface area contributed by atoms with Crippen LogP contribution in [0.5, 0.6) is 5.75 Å². The number of carbonyl (C=O) groups excluding carboxylic acids is 1. The lowest BCUT2D eigenvalue weighted by atomic mass is 10.2. The zero-order chi connectivity index (χ0) is 20.3. The minimum Gasteiger partial charge on any atom is -0.481 e. The molecule has 1 fully saturated rings. The summed E-state index contributed by atoms with van der Waals surface area (Å²) in [4.78, 5) is 14.1. The van der Waals surface area contributed by atoms with E-state index < -0.39 is 15.8 Å². The molecule has 2 aromatic rings. The highest BCUT2D eigenvalue weighted by atomic mass is 79.9. The highest BCUT2D eigenvalue weighted by Crippen LogP contribution is 2.22. The standard InChI is InChI=1S/C19H20BrFN2O4S/c1-14-2-5-16(6-3-14)28(25,26)23-10-8-22(9-11-23)19(24)13-27-18-7-4-15(20)12-17(18)21/h2-7,12H,8-11,13H2,1H3. The van der Waals surface area contributed by atoms with E-state index in [1.165, 1.54) is 21.3 Å². The first kappa shape index (κ1) is 20.8. The van der Waals surface area contributed by atoms with Gasteiger partial charge in [0.25, 0.3) is 5.91 Å². The number of piperazine rings is 1. The van der Waals surface area contributed by atoms with Crippen LogP contribution in [0.4, 0.5) is 4.39 Å². The number of hydrogen-bond donors (Lipinski definition) is 0. The fourth-order valence-corrected chi connectivity index (χ4v) is 4.62. The Kier molecular flexibility index (Phi) is 6.36. The van der Waals surface area contributed by atoms with Gasteiger partial charge >= 0.3 is 0 Å². The van der Waals surface area contributed by atoms with Crippen molar-refractivity contribution in [2.45, 2.75) is 11.8 Å². The van der Waals surface area contributed by atoms with Crippen molar-refractivity contribution in [1.82, 2.24) is 9.21 Å². The van der Waals surface area contributed by atoms with Gasteiger partial charge in [0.15, 0.2) is 18.2 Å². The van der Waals surface area contributed by atoms with E-state index in [0.717, 1.165) is 5.56 Å². The van der Waals surface area contributed by atoms with E-state index in [1.807, 2.05) is 6.92 Å². The van der Waals surface area contributed by atoms with Crippen molar-refractivity contribution in [3.05, 3.63) is 58.3 Å². The topological polar surface area (TPSA) is 66.9 Å². The number of carbonyl (C=O) groups is 1. The highest BCUT2D eigenvalue weighted by molar-refractivity contribution is 9.10. The monoisotopic (exact) mass is 470 g/mol. The SMILES string of the molecule is Cc1ccc(S(=O)(=O)N2CCN(C(=O)COc3ccc(Br)cc3F)CC2)cc1. The summed E-state index contributed by atoms with van der Waals surface area (Å²) in [5.41, 5.74) is 0.983. The van der Waals surface area contributed by atoms with Crippen LogP contribution in [0.3, 0.4) is 0 Å². The Hall–Kier alpha value is -1.97. The molecule has 1 aliphatic heterocycles. The molecule has 1 heterocycles. The van der Waals surface area contributed by atoms with E-state index in [4.69, 9.17) is 4.74 Å². The summed E-state index contributed by atoms with van der Waals surface area (Å²) in [6.45, 7) is 2.52. The van der Waals surface area contributed by atoms with Crippen molar-refractivity contribution < 1.29 is 22.3 Å². The van der Waals surface area contributed by atoms with Gasteiger partial charge in [-0.15, -0.1) is 0 Å². The van der Waals surface area contributed by atoms with Crippen LogP contribution < -0.4 is 4.74 Å². The van der Waals surface area contributed by atoms with E-state index in [2.05, 4.69) is 15.9 Å². The predicted molar refractivity (Wildman–Crippen MR) is 106 cm³/mol. The molecule has 0 aromatic heterocycles. The minimum atomic E-state index is -3.58. The van der Waals surface area contributed by atoms with E-state index >= 15 is 0 Å². The molecule has 1 saturated heterocycles. The van der Waals surface area contributed by atoms with Gasteiger partial charge in [-0.2, -0.15) is 4.31 Å². The highest BCUT2D eigenvalue weighted by Gasteiger charge is 2.30. The Bertz CT molecular complexity index is 958. The molecular formula is C19H20BrFN2O4S. The maximum atomic E-state index is 13.8. The summed E-state index contributed by atoms with van der Waals surface area (Å²) in [5, 5.41) is 0. The number of sulfonamides is 1. The fraction of sp³-hybridized carbons (Fsp3) is 0.316. The first-order valence-electron chi connectivity index (χ1n) is 8.70. The zero-order valence-corrected chi connectivity index (χ0v) is 17.7. The minimum absolute atomic E-state index is 0.00265. The lowest BCUT2D eigenvalue weighted by molar-refractivity contribution is -0.134. The number of ether oxygens (including phenoxy) is 1. The summed E-state index contributed by atoms with van der Waals surface area (Å²) in [6.07, 6.45) is 0. The maximum absolute atomic E-state index is 13.8. The van der Waals surface area contributed by atoms with Crippen LogP contribution in [0.2, 0.25) is 0 Å². The summed E-state index contributed by atoms with van der Waals surface area (Å²) in [6, 6.07) is 11.0. The van der Waals surface area contributed by atoms with Gasteiger partial charge in [0.1, 0.15) is 0 Å². The van der Waals surface area contributed by atoms with Crippen molar-refractivity contribution >= 4 is 31.9 Å². The van der Waals surface area contributed by atoms with Gasteiger partial charge in [0.05, 0.1) is 4.90 Å². The molecule has 1 aliphatic rings. The Balaban J connectivity index is 1.55. The van der Waals surface area contributed by atoms with Crippen LogP contribution in [0.1, 0.15) is 5.56 Å². The number of amides is 1. The number of halogens is 2. The summed E-state index contributed by atoms with van der Waals surface area (Å²) in [5.74, 6) is -0.872. The molecule has 0 atom stereocenters. The third-order valence-corrected chi connectivity index (χ3v) is 6.90. The second-order valence-corrected chi connectivity index (χ2v) is 9.31. The molecule has 0 spiro atoms. The average Bonchev–Trinajstić information content (AvgIpc) is 2.67. The second-order valence-electron chi connectivity index (χ2n) is 6.46. The zero-order valence-electron chi connectivity index (χ0n) is 15.3. The second kappa shape index (κ2) is 8.59. The molecule has 0 saturated carbocycles. The van der Waals surface area contributed by atoms with Crippen molar-refractivity contribution in [1.29, 1.82) is 0 Å². The predicted octanol–water partition coefficient (Wildman–Crippen LogP) is 2.81. The molecular weight excluding hydrogens is 451 g/mol. The third kappa shape index (κ3) is 4.71. The van der Waals surface area contributed by atoms with Gasteiger partial charge in [0, 0.05) is 30.7 Å². The number of aryl methyl sites for hydroxylation is 1. The molecule has 28 heavy (non-hydrogen) atoms. The van der Waals surface area contributed by atoms with Gasteiger partial charge < -0.3 is 9.64 Å². The Morgan fingerprint density at radius 3 is 2.36 bits per heavy atom. The molecule has 3 rings (SSSR count). The first-order chi connectivity index (χ1) is 13.3. The van der Waals surface area contributed by atoms with Gasteiger partial charge in [-0.3, -0.25) is 4.79 Å². The molecule has 1 amide bonds. The van der Waals surface area contributed by atoms with Crippen LogP contribution in [0, 0.1) is 12.7 Å². The Morgan fingerprint density at radius 2 is 1.75 bits per heavy atom. The maximum Gasteiger partial charge on any atom is 0.260 e. The fourth-order valence-electron chi connectivity index (χ4n) is 2.86. The van der Waals surface area contributed by atoms with Crippen molar-refractivity contribution in [2.75, 3.05) is 32.8 Å². The van der Waals surface area contributed by atoms with E-state index in [9.17, 15) is 17.6 Å². The lowest BCUT2D eigenvalue weighted by Crippen LogP contribution is -2.51. The molecule has 0 unspecified atom stereocenters. The number of rotatable bonds is 5. The molecule has 6 nitrogen and oxygen atoms in total. The molecule has 0 N–H and O–H groups in total. The lowest BCUT2D eigenvalue weighted by Gasteiger charge is -2.34. The average molecular weight is 471 g/mol. The molecule has 0 aliphatic carbocycles. The van der Waals surface area contributed by atoms with Crippen molar-refractivity contribution in [2.24, 2.45) is 0 Å². The Labute approximate surface area is 172 Å². The molecule has 9 heteroatoms. The first-order valence-corrected chi connectivity index (χ1v) is 10.9. The van der Waals surface area contributed by atoms with E-state index in [0.29, 0.717) is 4.47 Å². The van der Waals surface area contributed by atoms with Crippen molar-refractivity contribution in [3.8, 4) is 5.75 Å². The van der Waals surface area contributed by atoms with Crippen LogP contribution in [0.25, 0.3) is 0 Å². The van der Waals surface area contributed by atoms with Crippen molar-refractivity contribution in [3.63, 3.8) is 0 Å². The normalized spacial score (nSPS) is 15.5. The van der Waals surface area contributed by atoms with E-state index in [-0.39, 0.29) is 49.3 Å². The van der Waals surface area contributed by atoms with Crippen LogP contribution in [-0.4, -0.2) is 56.3 Å².